The van der Waals surface area contributed by atoms with Crippen LogP contribution in [0, 0.1) is 0 Å². The average molecular weight is 292 g/mol. The fraction of sp³-hybridized carbons (Fsp3) is 0.263. The van der Waals surface area contributed by atoms with Gasteiger partial charge in [0.05, 0.1) is 0 Å². The minimum absolute atomic E-state index is 0.0223. The number of piperidine rings is 1. The quantitative estimate of drug-likeness (QED) is 0.631. The van der Waals surface area contributed by atoms with E-state index in [1.165, 1.54) is 24.9 Å². The van der Waals surface area contributed by atoms with Crippen LogP contribution < -0.4 is 4.90 Å². The predicted octanol–water partition coefficient (Wildman–Crippen LogP) is 3.97. The highest BCUT2D eigenvalue weighted by atomic mass is 16.1. The van der Waals surface area contributed by atoms with Crippen molar-refractivity contribution in [3.05, 3.63) is 66.0 Å². The monoisotopic (exact) mass is 292 g/mol. The van der Waals surface area contributed by atoms with Gasteiger partial charge in [-0.15, -0.1) is 0 Å². The van der Waals surface area contributed by atoms with Gasteiger partial charge in [0.15, 0.2) is 5.78 Å². The van der Waals surface area contributed by atoms with E-state index in [0.717, 1.165) is 24.2 Å². The van der Waals surface area contributed by atoms with E-state index in [1.54, 1.807) is 24.5 Å². The van der Waals surface area contributed by atoms with Crippen LogP contribution >= 0.6 is 0 Å². The Morgan fingerprint density at radius 2 is 1.82 bits per heavy atom. The molecule has 2 heterocycles. The first-order valence-electron chi connectivity index (χ1n) is 7.80. The van der Waals surface area contributed by atoms with E-state index in [0.29, 0.717) is 0 Å². The van der Waals surface area contributed by atoms with E-state index in [4.69, 9.17) is 0 Å². The van der Waals surface area contributed by atoms with Crippen LogP contribution in [-0.4, -0.2) is 23.9 Å². The first kappa shape index (κ1) is 14.5. The van der Waals surface area contributed by atoms with Gasteiger partial charge in [-0.1, -0.05) is 6.07 Å². The van der Waals surface area contributed by atoms with Gasteiger partial charge in [-0.2, -0.15) is 0 Å². The van der Waals surface area contributed by atoms with Crippen molar-refractivity contribution in [2.75, 3.05) is 18.0 Å². The lowest BCUT2D eigenvalue weighted by atomic mass is 10.1. The van der Waals surface area contributed by atoms with Gasteiger partial charge in [-0.25, -0.2) is 0 Å². The Hall–Kier alpha value is -2.42. The first-order chi connectivity index (χ1) is 10.8. The van der Waals surface area contributed by atoms with Crippen LogP contribution in [0.1, 0.15) is 35.2 Å². The molecule has 3 heteroatoms. The summed E-state index contributed by atoms with van der Waals surface area (Å²) >= 11 is 0. The fourth-order valence-corrected chi connectivity index (χ4v) is 2.73. The number of pyridine rings is 1. The van der Waals surface area contributed by atoms with E-state index in [1.807, 2.05) is 24.3 Å². The second-order valence-corrected chi connectivity index (χ2v) is 5.58. The number of ketones is 1. The number of carbonyl (C=O) groups excluding carboxylic acids is 1. The number of hydrogen-bond donors (Lipinski definition) is 0. The number of anilines is 1. The van der Waals surface area contributed by atoms with Crippen molar-refractivity contribution in [3.8, 4) is 0 Å². The molecule has 22 heavy (non-hydrogen) atoms. The maximum atomic E-state index is 12.2. The third kappa shape index (κ3) is 3.61. The molecular weight excluding hydrogens is 272 g/mol. The van der Waals surface area contributed by atoms with Gasteiger partial charge >= 0.3 is 0 Å². The van der Waals surface area contributed by atoms with Crippen LogP contribution in [0.25, 0.3) is 6.08 Å². The number of carbonyl (C=O) groups is 1. The SMILES string of the molecule is O=C(/C=C\c1cccnc1)c1ccc(N2CCCCC2)cc1. The molecule has 0 aliphatic carbocycles. The molecule has 1 fully saturated rings. The Labute approximate surface area is 131 Å². The van der Waals surface area contributed by atoms with Crippen molar-refractivity contribution in [3.63, 3.8) is 0 Å². The molecule has 1 aliphatic heterocycles. The highest BCUT2D eigenvalue weighted by Gasteiger charge is 2.11. The zero-order valence-electron chi connectivity index (χ0n) is 12.6. The van der Waals surface area contributed by atoms with Gasteiger partial charge in [-0.05, 0) is 67.3 Å². The lowest BCUT2D eigenvalue weighted by molar-refractivity contribution is 0.104. The molecule has 112 valence electrons. The number of aromatic nitrogens is 1. The highest BCUT2D eigenvalue weighted by Crippen LogP contribution is 2.20. The van der Waals surface area contributed by atoms with E-state index >= 15 is 0 Å². The van der Waals surface area contributed by atoms with Gasteiger partial charge in [0.25, 0.3) is 0 Å². The second kappa shape index (κ2) is 7.03. The summed E-state index contributed by atoms with van der Waals surface area (Å²) in [5.74, 6) is 0.0223. The molecule has 0 radical (unpaired) electrons. The smallest absolute Gasteiger partial charge is 0.185 e. The molecule has 2 aromatic rings. The molecule has 0 spiro atoms. The van der Waals surface area contributed by atoms with Crippen molar-refractivity contribution in [1.29, 1.82) is 0 Å². The molecule has 0 saturated carbocycles. The van der Waals surface area contributed by atoms with Crippen molar-refractivity contribution >= 4 is 17.5 Å². The lowest BCUT2D eigenvalue weighted by Gasteiger charge is -2.28. The summed E-state index contributed by atoms with van der Waals surface area (Å²) in [5, 5.41) is 0. The molecule has 0 amide bonds. The van der Waals surface area contributed by atoms with E-state index in [2.05, 4.69) is 22.0 Å². The van der Waals surface area contributed by atoms with Crippen molar-refractivity contribution in [2.45, 2.75) is 19.3 Å². The molecule has 0 atom stereocenters. The van der Waals surface area contributed by atoms with Crippen LogP contribution in [0.4, 0.5) is 5.69 Å². The molecule has 1 aromatic carbocycles. The van der Waals surface area contributed by atoms with Gasteiger partial charge in [0, 0.05) is 36.7 Å². The molecule has 0 bridgehead atoms. The van der Waals surface area contributed by atoms with Crippen LogP contribution in [-0.2, 0) is 0 Å². The average Bonchev–Trinajstić information content (AvgIpc) is 2.61. The summed E-state index contributed by atoms with van der Waals surface area (Å²) in [6.07, 6.45) is 10.7. The van der Waals surface area contributed by atoms with Crippen LogP contribution in [0.15, 0.2) is 54.9 Å². The summed E-state index contributed by atoms with van der Waals surface area (Å²) in [6, 6.07) is 11.7. The largest absolute Gasteiger partial charge is 0.372 e. The fourth-order valence-electron chi connectivity index (χ4n) is 2.73. The van der Waals surface area contributed by atoms with Crippen molar-refractivity contribution in [1.82, 2.24) is 4.98 Å². The van der Waals surface area contributed by atoms with Gasteiger partial charge in [-0.3, -0.25) is 9.78 Å². The molecular formula is C19H20N2O. The second-order valence-electron chi connectivity index (χ2n) is 5.58. The Balaban J connectivity index is 1.67. The number of rotatable bonds is 4. The maximum absolute atomic E-state index is 12.2. The highest BCUT2D eigenvalue weighted by molar-refractivity contribution is 6.06. The summed E-state index contributed by atoms with van der Waals surface area (Å²) in [6.45, 7) is 2.24. The van der Waals surface area contributed by atoms with Gasteiger partial charge in [0.2, 0.25) is 0 Å². The standard InChI is InChI=1S/C19H20N2O/c22-19(11-6-16-5-4-12-20-15-16)17-7-9-18(10-8-17)21-13-2-1-3-14-21/h4-12,15H,1-3,13-14H2/b11-6-. The Kier molecular flexibility index (Phi) is 4.64. The molecule has 1 saturated heterocycles. The van der Waals surface area contributed by atoms with Gasteiger partial charge in [0.1, 0.15) is 0 Å². The molecule has 1 aliphatic rings. The summed E-state index contributed by atoms with van der Waals surface area (Å²) in [5.41, 5.74) is 2.87. The first-order valence-corrected chi connectivity index (χ1v) is 7.80. The maximum Gasteiger partial charge on any atom is 0.185 e. The Bertz CT molecular complexity index is 641. The number of hydrogen-bond acceptors (Lipinski definition) is 3. The Morgan fingerprint density at radius 3 is 2.50 bits per heavy atom. The molecule has 0 N–H and O–H groups in total. The number of benzene rings is 1. The predicted molar refractivity (Wildman–Crippen MR) is 90.1 cm³/mol. The van der Waals surface area contributed by atoms with E-state index < -0.39 is 0 Å². The van der Waals surface area contributed by atoms with E-state index in [-0.39, 0.29) is 5.78 Å². The molecule has 3 rings (SSSR count). The third-order valence-electron chi connectivity index (χ3n) is 3.98. The molecule has 0 unspecified atom stereocenters. The Morgan fingerprint density at radius 1 is 1.05 bits per heavy atom. The molecule has 3 nitrogen and oxygen atoms in total. The normalized spacial score (nSPS) is 15.2. The zero-order valence-corrected chi connectivity index (χ0v) is 12.6. The summed E-state index contributed by atoms with van der Waals surface area (Å²) < 4.78 is 0. The van der Waals surface area contributed by atoms with Gasteiger partial charge < -0.3 is 4.90 Å². The minimum atomic E-state index is 0.0223. The topological polar surface area (TPSA) is 33.2 Å². The zero-order chi connectivity index (χ0) is 15.2. The third-order valence-corrected chi connectivity index (χ3v) is 3.98. The number of allylic oxidation sites excluding steroid dienone is 1. The molecule has 1 aromatic heterocycles. The summed E-state index contributed by atoms with van der Waals surface area (Å²) in [4.78, 5) is 18.6. The van der Waals surface area contributed by atoms with Crippen molar-refractivity contribution in [2.24, 2.45) is 0 Å². The van der Waals surface area contributed by atoms with Crippen LogP contribution in [0.3, 0.4) is 0 Å². The van der Waals surface area contributed by atoms with Crippen LogP contribution in [0.2, 0.25) is 0 Å². The van der Waals surface area contributed by atoms with Crippen molar-refractivity contribution < 1.29 is 4.79 Å². The summed E-state index contributed by atoms with van der Waals surface area (Å²) in [7, 11) is 0. The minimum Gasteiger partial charge on any atom is -0.372 e. The van der Waals surface area contributed by atoms with E-state index in [9.17, 15) is 4.79 Å². The van der Waals surface area contributed by atoms with Crippen LogP contribution in [0.5, 0.6) is 0 Å². The number of nitrogens with zero attached hydrogens (tertiary/aromatic N) is 2. The lowest BCUT2D eigenvalue weighted by Crippen LogP contribution is -2.29.